The molecule has 1 aliphatic rings. The highest BCUT2D eigenvalue weighted by molar-refractivity contribution is 5.51. The molecule has 0 saturated heterocycles. The van der Waals surface area contributed by atoms with Gasteiger partial charge in [0.15, 0.2) is 11.5 Å². The highest BCUT2D eigenvalue weighted by Crippen LogP contribution is 2.37. The molecule has 1 heterocycles. The van der Waals surface area contributed by atoms with Crippen LogP contribution in [0.4, 0.5) is 0 Å². The quantitative estimate of drug-likeness (QED) is 0.704. The van der Waals surface area contributed by atoms with Crippen LogP contribution in [0.5, 0.6) is 11.5 Å². The lowest BCUT2D eigenvalue weighted by Gasteiger charge is -2.29. The molecule has 4 nitrogen and oxygen atoms in total. The Hall–Kier alpha value is -2.04. The fourth-order valence-electron chi connectivity index (χ4n) is 3.90. The van der Waals surface area contributed by atoms with E-state index in [2.05, 4.69) is 67.4 Å². The highest BCUT2D eigenvalue weighted by Gasteiger charge is 2.24. The van der Waals surface area contributed by atoms with E-state index in [0.29, 0.717) is 6.61 Å². The fourth-order valence-corrected chi connectivity index (χ4v) is 3.90. The molecule has 1 atom stereocenters. The van der Waals surface area contributed by atoms with Gasteiger partial charge in [0.1, 0.15) is 6.61 Å². The number of methoxy groups -OCH3 is 1. The van der Waals surface area contributed by atoms with Gasteiger partial charge in [-0.15, -0.1) is 0 Å². The van der Waals surface area contributed by atoms with Crippen LogP contribution in [0, 0.1) is 0 Å². The summed E-state index contributed by atoms with van der Waals surface area (Å²) < 4.78 is 11.8. The lowest BCUT2D eigenvalue weighted by molar-refractivity contribution is 0.217. The minimum atomic E-state index is 0.200. The molecule has 152 valence electrons. The molecule has 2 aromatic carbocycles. The second kappa shape index (κ2) is 9.94. The molecule has 2 aromatic rings. The van der Waals surface area contributed by atoms with Crippen LogP contribution in [-0.2, 0) is 12.8 Å². The van der Waals surface area contributed by atoms with Gasteiger partial charge in [0.25, 0.3) is 0 Å². The maximum Gasteiger partial charge on any atom is 0.161 e. The van der Waals surface area contributed by atoms with Gasteiger partial charge < -0.3 is 19.7 Å². The number of rotatable bonds is 9. The molecule has 0 saturated carbocycles. The predicted octanol–water partition coefficient (Wildman–Crippen LogP) is 4.21. The number of aryl methyl sites for hydroxylation is 1. The number of benzene rings is 2. The van der Waals surface area contributed by atoms with Gasteiger partial charge in [-0.05, 0) is 60.3 Å². The van der Waals surface area contributed by atoms with Crippen molar-refractivity contribution in [2.75, 3.05) is 39.9 Å². The molecule has 1 N–H and O–H groups in total. The second-order valence-corrected chi connectivity index (χ2v) is 7.31. The van der Waals surface area contributed by atoms with Gasteiger partial charge in [-0.3, -0.25) is 0 Å². The summed E-state index contributed by atoms with van der Waals surface area (Å²) >= 11 is 0. The van der Waals surface area contributed by atoms with Crippen molar-refractivity contribution in [3.05, 3.63) is 58.7 Å². The van der Waals surface area contributed by atoms with Crippen LogP contribution in [0.3, 0.4) is 0 Å². The zero-order valence-electron chi connectivity index (χ0n) is 17.8. The van der Waals surface area contributed by atoms with Crippen LogP contribution in [0.2, 0.25) is 0 Å². The minimum Gasteiger partial charge on any atom is -0.493 e. The minimum absolute atomic E-state index is 0.200. The third-order valence-corrected chi connectivity index (χ3v) is 5.76. The first kappa shape index (κ1) is 20.7. The van der Waals surface area contributed by atoms with Crippen molar-refractivity contribution in [1.29, 1.82) is 0 Å². The first-order chi connectivity index (χ1) is 13.7. The van der Waals surface area contributed by atoms with Crippen molar-refractivity contribution in [2.45, 2.75) is 39.7 Å². The second-order valence-electron chi connectivity index (χ2n) is 7.31. The van der Waals surface area contributed by atoms with Gasteiger partial charge in [0.2, 0.25) is 0 Å². The number of nitrogens with one attached hydrogen (secondary N) is 1. The average molecular weight is 383 g/mol. The van der Waals surface area contributed by atoms with Gasteiger partial charge >= 0.3 is 0 Å². The lowest BCUT2D eigenvalue weighted by atomic mass is 9.89. The summed E-state index contributed by atoms with van der Waals surface area (Å²) in [6.07, 6.45) is 2.08. The molecule has 28 heavy (non-hydrogen) atoms. The van der Waals surface area contributed by atoms with Crippen LogP contribution in [0.15, 0.2) is 36.4 Å². The Morgan fingerprint density at radius 2 is 1.79 bits per heavy atom. The van der Waals surface area contributed by atoms with Crippen molar-refractivity contribution in [3.63, 3.8) is 0 Å². The summed E-state index contributed by atoms with van der Waals surface area (Å²) in [4.78, 5) is 2.37. The van der Waals surface area contributed by atoms with E-state index >= 15 is 0 Å². The Kier molecular flexibility index (Phi) is 7.35. The normalized spacial score (nSPS) is 16.1. The molecular weight excluding hydrogens is 348 g/mol. The predicted molar refractivity (Wildman–Crippen MR) is 116 cm³/mol. The monoisotopic (exact) mass is 382 g/mol. The SMILES string of the molecule is CCc1ccc(C2NCCc3cc(OC)c(OCCN(CC)CC)cc32)cc1. The van der Waals surface area contributed by atoms with Gasteiger partial charge in [0, 0.05) is 13.1 Å². The van der Waals surface area contributed by atoms with Gasteiger partial charge in [-0.1, -0.05) is 45.0 Å². The molecule has 0 aromatic heterocycles. The fraction of sp³-hybridized carbons (Fsp3) is 0.500. The molecule has 0 amide bonds. The van der Waals surface area contributed by atoms with Gasteiger partial charge in [-0.25, -0.2) is 0 Å². The summed E-state index contributed by atoms with van der Waals surface area (Å²) in [6, 6.07) is 13.5. The molecule has 1 unspecified atom stereocenters. The number of ether oxygens (including phenoxy) is 2. The summed E-state index contributed by atoms with van der Waals surface area (Å²) in [5.41, 5.74) is 5.32. The number of hydrogen-bond donors (Lipinski definition) is 1. The largest absolute Gasteiger partial charge is 0.493 e. The zero-order chi connectivity index (χ0) is 19.9. The molecule has 3 rings (SSSR count). The molecule has 4 heteroatoms. The molecule has 0 aliphatic carbocycles. The molecular formula is C24H34N2O2. The first-order valence-corrected chi connectivity index (χ1v) is 10.6. The van der Waals surface area contributed by atoms with Crippen molar-refractivity contribution in [3.8, 4) is 11.5 Å². The smallest absolute Gasteiger partial charge is 0.161 e. The van der Waals surface area contributed by atoms with Crippen molar-refractivity contribution >= 4 is 0 Å². The third kappa shape index (κ3) is 4.68. The molecule has 0 bridgehead atoms. The number of fused-ring (bicyclic) bond motifs is 1. The van der Waals surface area contributed by atoms with Crippen LogP contribution in [0.1, 0.15) is 49.1 Å². The standard InChI is InChI=1S/C24H34N2O2/c1-5-18-8-10-19(11-9-18)24-21-17-23(28-15-14-26(6-2)7-3)22(27-4)16-20(21)12-13-25-24/h8-11,16-17,24-25H,5-7,12-15H2,1-4H3. The average Bonchev–Trinajstić information content (AvgIpc) is 2.75. The van der Waals surface area contributed by atoms with Crippen molar-refractivity contribution in [2.24, 2.45) is 0 Å². The van der Waals surface area contributed by atoms with E-state index in [9.17, 15) is 0 Å². The van der Waals surface area contributed by atoms with E-state index in [1.165, 1.54) is 22.3 Å². The molecule has 1 aliphatic heterocycles. The summed E-state index contributed by atoms with van der Waals surface area (Å²) in [5, 5.41) is 3.68. The zero-order valence-corrected chi connectivity index (χ0v) is 17.8. The summed E-state index contributed by atoms with van der Waals surface area (Å²) in [6.45, 7) is 11.2. The van der Waals surface area contributed by atoms with Gasteiger partial charge in [0.05, 0.1) is 13.2 Å². The Morgan fingerprint density at radius 1 is 1.04 bits per heavy atom. The number of hydrogen-bond acceptors (Lipinski definition) is 4. The topological polar surface area (TPSA) is 33.7 Å². The van der Waals surface area contributed by atoms with Crippen LogP contribution < -0.4 is 14.8 Å². The van der Waals surface area contributed by atoms with E-state index in [1.807, 2.05) is 0 Å². The highest BCUT2D eigenvalue weighted by atomic mass is 16.5. The van der Waals surface area contributed by atoms with Crippen LogP contribution in [0.25, 0.3) is 0 Å². The first-order valence-electron chi connectivity index (χ1n) is 10.6. The van der Waals surface area contributed by atoms with E-state index in [-0.39, 0.29) is 6.04 Å². The van der Waals surface area contributed by atoms with E-state index in [0.717, 1.165) is 50.5 Å². The maximum absolute atomic E-state index is 6.15. The van der Waals surface area contributed by atoms with Crippen molar-refractivity contribution < 1.29 is 9.47 Å². The third-order valence-electron chi connectivity index (χ3n) is 5.76. The number of nitrogens with zero attached hydrogens (tertiary/aromatic N) is 1. The Balaban J connectivity index is 1.84. The number of likely N-dealkylation sites (N-methyl/N-ethyl adjacent to an activating group) is 1. The van der Waals surface area contributed by atoms with Crippen molar-refractivity contribution in [1.82, 2.24) is 10.2 Å². The van der Waals surface area contributed by atoms with E-state index in [1.54, 1.807) is 7.11 Å². The van der Waals surface area contributed by atoms with Gasteiger partial charge in [-0.2, -0.15) is 0 Å². The molecule has 0 spiro atoms. The Labute approximate surface area is 169 Å². The van der Waals surface area contributed by atoms with E-state index < -0.39 is 0 Å². The molecule has 0 radical (unpaired) electrons. The Bertz CT molecular complexity index is 754. The lowest BCUT2D eigenvalue weighted by Crippen LogP contribution is -2.31. The molecule has 0 fully saturated rings. The summed E-state index contributed by atoms with van der Waals surface area (Å²) in [5.74, 6) is 1.67. The van der Waals surface area contributed by atoms with Crippen LogP contribution >= 0.6 is 0 Å². The maximum atomic E-state index is 6.15. The Morgan fingerprint density at radius 3 is 2.43 bits per heavy atom. The van der Waals surface area contributed by atoms with Crippen LogP contribution in [-0.4, -0.2) is 44.8 Å². The van der Waals surface area contributed by atoms with E-state index in [4.69, 9.17) is 9.47 Å². The summed E-state index contributed by atoms with van der Waals surface area (Å²) in [7, 11) is 1.72.